The minimum absolute atomic E-state index is 1.05. The molecule has 0 bridgehead atoms. The van der Waals surface area contributed by atoms with Crippen molar-refractivity contribution in [2.24, 2.45) is 0 Å². The fourth-order valence-electron chi connectivity index (χ4n) is 1.52. The number of hydrogen-bond donors (Lipinski definition) is 0. The lowest BCUT2D eigenvalue weighted by molar-refractivity contribution is 1.16. The first kappa shape index (κ1) is 8.06. The van der Waals surface area contributed by atoms with Gasteiger partial charge in [-0.25, -0.2) is 0 Å². The molecule has 1 aliphatic carbocycles. The quantitative estimate of drug-likeness (QED) is 0.630. The average molecular weight is 222 g/mol. The minimum atomic E-state index is 1.05. The monoisotopic (exact) mass is 221 g/mol. The Hall–Kier alpha value is -0.560. The molecule has 0 saturated carbocycles. The van der Waals surface area contributed by atoms with Crippen LogP contribution >= 0.6 is 15.9 Å². The lowest BCUT2D eigenvalue weighted by atomic mass is 9.95. The van der Waals surface area contributed by atoms with Crippen molar-refractivity contribution in [3.63, 3.8) is 0 Å². The number of benzene rings is 1. The molecule has 1 aromatic carbocycles. The van der Waals surface area contributed by atoms with E-state index < -0.39 is 0 Å². The third-order valence-corrected chi connectivity index (χ3v) is 2.82. The fourth-order valence-corrected chi connectivity index (χ4v) is 2.27. The summed E-state index contributed by atoms with van der Waals surface area (Å²) < 4.78 is 1.23. The normalized spacial score (nSPS) is 14.5. The summed E-state index contributed by atoms with van der Waals surface area (Å²) in [5.74, 6) is 0. The summed E-state index contributed by atoms with van der Waals surface area (Å²) in [4.78, 5) is 0. The van der Waals surface area contributed by atoms with Crippen molar-refractivity contribution in [2.45, 2.75) is 13.3 Å². The SMILES string of the molecule is Cc1cc(Br)c2c(c1)[CH]C=CC2. The van der Waals surface area contributed by atoms with E-state index in [0.717, 1.165) is 6.42 Å². The molecule has 2 rings (SSSR count). The molecule has 0 aromatic heterocycles. The molecule has 0 atom stereocenters. The molecule has 0 saturated heterocycles. The van der Waals surface area contributed by atoms with Gasteiger partial charge >= 0.3 is 0 Å². The summed E-state index contributed by atoms with van der Waals surface area (Å²) in [6.45, 7) is 2.12. The number of allylic oxidation sites excluding steroid dienone is 2. The minimum Gasteiger partial charge on any atom is -0.0834 e. The summed E-state index contributed by atoms with van der Waals surface area (Å²) in [6.07, 6.45) is 7.51. The van der Waals surface area contributed by atoms with Crippen molar-refractivity contribution in [1.29, 1.82) is 0 Å². The topological polar surface area (TPSA) is 0 Å². The number of rotatable bonds is 0. The van der Waals surface area contributed by atoms with Crippen molar-refractivity contribution in [2.75, 3.05) is 0 Å². The van der Waals surface area contributed by atoms with Gasteiger partial charge in [0.1, 0.15) is 0 Å². The van der Waals surface area contributed by atoms with Gasteiger partial charge in [0.2, 0.25) is 0 Å². The van der Waals surface area contributed by atoms with E-state index in [4.69, 9.17) is 0 Å². The molecule has 0 fully saturated rings. The zero-order valence-electron chi connectivity index (χ0n) is 6.97. The number of aryl methyl sites for hydroxylation is 1. The van der Waals surface area contributed by atoms with Crippen LogP contribution in [0, 0.1) is 13.3 Å². The molecule has 0 N–H and O–H groups in total. The van der Waals surface area contributed by atoms with Crippen LogP contribution in [0.5, 0.6) is 0 Å². The smallest absolute Gasteiger partial charge is 0.0216 e. The Labute approximate surface area is 81.4 Å². The van der Waals surface area contributed by atoms with Gasteiger partial charge in [0, 0.05) is 10.9 Å². The van der Waals surface area contributed by atoms with Crippen molar-refractivity contribution in [3.05, 3.63) is 51.9 Å². The van der Waals surface area contributed by atoms with Gasteiger partial charge in [-0.1, -0.05) is 34.1 Å². The molecule has 0 heterocycles. The number of fused-ring (bicyclic) bond motifs is 1. The highest BCUT2D eigenvalue weighted by molar-refractivity contribution is 9.10. The lowest BCUT2D eigenvalue weighted by Gasteiger charge is -2.13. The standard InChI is InChI=1S/C11H10Br/c1-8-6-9-4-2-3-5-10(9)11(12)7-8/h2-4,6-7H,5H2,1H3. The van der Waals surface area contributed by atoms with E-state index in [-0.39, 0.29) is 0 Å². The number of hydrogen-bond acceptors (Lipinski definition) is 0. The molecular weight excluding hydrogens is 212 g/mol. The van der Waals surface area contributed by atoms with Crippen LogP contribution in [0.1, 0.15) is 16.7 Å². The Balaban J connectivity index is 2.57. The summed E-state index contributed by atoms with van der Waals surface area (Å²) >= 11 is 3.58. The summed E-state index contributed by atoms with van der Waals surface area (Å²) in [6, 6.07) is 4.40. The largest absolute Gasteiger partial charge is 0.0834 e. The van der Waals surface area contributed by atoms with Crippen molar-refractivity contribution in [1.82, 2.24) is 0 Å². The third-order valence-electron chi connectivity index (χ3n) is 2.11. The highest BCUT2D eigenvalue weighted by atomic mass is 79.9. The van der Waals surface area contributed by atoms with E-state index in [1.165, 1.54) is 21.2 Å². The van der Waals surface area contributed by atoms with E-state index in [1.807, 2.05) is 0 Å². The second-order valence-corrected chi connectivity index (χ2v) is 3.97. The average Bonchev–Trinajstić information content (AvgIpc) is 2.04. The number of halogens is 1. The van der Waals surface area contributed by atoms with Crippen molar-refractivity contribution < 1.29 is 0 Å². The first-order valence-electron chi connectivity index (χ1n) is 4.06. The zero-order chi connectivity index (χ0) is 8.55. The van der Waals surface area contributed by atoms with Gasteiger partial charge in [0.15, 0.2) is 0 Å². The molecule has 0 nitrogen and oxygen atoms in total. The van der Waals surface area contributed by atoms with Crippen LogP contribution in [-0.2, 0) is 6.42 Å². The molecule has 0 aliphatic heterocycles. The summed E-state index contributed by atoms with van der Waals surface area (Å²) in [7, 11) is 0. The maximum absolute atomic E-state index is 3.58. The lowest BCUT2D eigenvalue weighted by Crippen LogP contribution is -1.97. The highest BCUT2D eigenvalue weighted by Gasteiger charge is 2.08. The Morgan fingerprint density at radius 1 is 1.33 bits per heavy atom. The van der Waals surface area contributed by atoms with E-state index >= 15 is 0 Å². The first-order chi connectivity index (χ1) is 5.77. The highest BCUT2D eigenvalue weighted by Crippen LogP contribution is 2.27. The van der Waals surface area contributed by atoms with Gasteiger partial charge < -0.3 is 0 Å². The Morgan fingerprint density at radius 2 is 2.17 bits per heavy atom. The third kappa shape index (κ3) is 1.34. The second kappa shape index (κ2) is 3.06. The van der Waals surface area contributed by atoms with Crippen LogP contribution in [0.15, 0.2) is 28.8 Å². The zero-order valence-corrected chi connectivity index (χ0v) is 8.56. The molecule has 1 aromatic rings. The van der Waals surface area contributed by atoms with Crippen LogP contribution in [0.25, 0.3) is 0 Å². The van der Waals surface area contributed by atoms with Crippen molar-refractivity contribution >= 4 is 15.9 Å². The summed E-state index contributed by atoms with van der Waals surface area (Å²) in [5.41, 5.74) is 4.07. The fraction of sp³-hybridized carbons (Fsp3) is 0.182. The molecule has 12 heavy (non-hydrogen) atoms. The van der Waals surface area contributed by atoms with Gasteiger partial charge in [-0.3, -0.25) is 0 Å². The maximum Gasteiger partial charge on any atom is 0.0216 e. The Kier molecular flexibility index (Phi) is 2.05. The van der Waals surface area contributed by atoms with Crippen LogP contribution in [0.3, 0.4) is 0 Å². The molecule has 61 valence electrons. The van der Waals surface area contributed by atoms with Crippen LogP contribution in [0.2, 0.25) is 0 Å². The van der Waals surface area contributed by atoms with Gasteiger partial charge in [-0.05, 0) is 36.1 Å². The molecule has 0 spiro atoms. The molecular formula is C11H10Br. The first-order valence-corrected chi connectivity index (χ1v) is 4.85. The Morgan fingerprint density at radius 3 is 3.00 bits per heavy atom. The van der Waals surface area contributed by atoms with E-state index in [1.54, 1.807) is 0 Å². The maximum atomic E-state index is 3.58. The van der Waals surface area contributed by atoms with E-state index in [0.29, 0.717) is 0 Å². The molecule has 1 radical (unpaired) electrons. The summed E-state index contributed by atoms with van der Waals surface area (Å²) in [5, 5.41) is 0. The molecule has 1 heteroatoms. The molecule has 0 unspecified atom stereocenters. The van der Waals surface area contributed by atoms with Crippen LogP contribution < -0.4 is 0 Å². The predicted molar refractivity (Wildman–Crippen MR) is 55.1 cm³/mol. The van der Waals surface area contributed by atoms with Crippen molar-refractivity contribution in [3.8, 4) is 0 Å². The van der Waals surface area contributed by atoms with Gasteiger partial charge in [-0.15, -0.1) is 0 Å². The van der Waals surface area contributed by atoms with Gasteiger partial charge in [-0.2, -0.15) is 0 Å². The predicted octanol–water partition coefficient (Wildman–Crippen LogP) is 3.42. The van der Waals surface area contributed by atoms with Gasteiger partial charge in [0.25, 0.3) is 0 Å². The van der Waals surface area contributed by atoms with Crippen LogP contribution in [-0.4, -0.2) is 0 Å². The van der Waals surface area contributed by atoms with Crippen LogP contribution in [0.4, 0.5) is 0 Å². The van der Waals surface area contributed by atoms with Gasteiger partial charge in [0.05, 0.1) is 0 Å². The second-order valence-electron chi connectivity index (χ2n) is 3.11. The Bertz CT molecular complexity index is 337. The van der Waals surface area contributed by atoms with E-state index in [2.05, 4.69) is 53.6 Å². The molecule has 0 amide bonds. The molecule has 1 aliphatic rings. The van der Waals surface area contributed by atoms with E-state index in [9.17, 15) is 0 Å².